The van der Waals surface area contributed by atoms with E-state index in [2.05, 4.69) is 54.6 Å². The molecule has 3 aromatic rings. The molecular formula is C25H22O. The summed E-state index contributed by atoms with van der Waals surface area (Å²) in [5.41, 5.74) is 4.86. The fourth-order valence-corrected chi connectivity index (χ4v) is 3.69. The number of hydrogen-bond donors (Lipinski definition) is 1. The number of aliphatic hydroxyl groups is 1. The van der Waals surface area contributed by atoms with Crippen molar-refractivity contribution in [3.63, 3.8) is 0 Å². The summed E-state index contributed by atoms with van der Waals surface area (Å²) in [6, 6.07) is 28.7. The molecule has 0 fully saturated rings. The largest absolute Gasteiger partial charge is 0.384 e. The van der Waals surface area contributed by atoms with E-state index in [1.807, 2.05) is 48.5 Å². The summed E-state index contributed by atoms with van der Waals surface area (Å²) in [7, 11) is 0. The first-order valence-corrected chi connectivity index (χ1v) is 9.04. The summed E-state index contributed by atoms with van der Waals surface area (Å²) in [5, 5.41) is 11.4. The number of hydrogen-bond acceptors (Lipinski definition) is 1. The zero-order valence-electron chi connectivity index (χ0n) is 14.7. The molecule has 0 spiro atoms. The molecule has 0 radical (unpaired) electrons. The van der Waals surface area contributed by atoms with Gasteiger partial charge in [-0.25, -0.2) is 0 Å². The van der Waals surface area contributed by atoms with Gasteiger partial charge in [0.15, 0.2) is 0 Å². The lowest BCUT2D eigenvalue weighted by atomic mass is 9.92. The molecule has 128 valence electrons. The third-order valence-corrected chi connectivity index (χ3v) is 4.96. The van der Waals surface area contributed by atoms with Crippen LogP contribution in [0.4, 0.5) is 0 Å². The fraction of sp³-hybridized carbons (Fsp3) is 0.120. The maximum absolute atomic E-state index is 11.4. The van der Waals surface area contributed by atoms with Crippen LogP contribution in [0.25, 0.3) is 17.7 Å². The Morgan fingerprint density at radius 3 is 2.12 bits per heavy atom. The third kappa shape index (κ3) is 3.40. The Balaban J connectivity index is 1.63. The van der Waals surface area contributed by atoms with E-state index in [0.717, 1.165) is 16.7 Å². The van der Waals surface area contributed by atoms with Crippen LogP contribution in [0.2, 0.25) is 0 Å². The van der Waals surface area contributed by atoms with Crippen LogP contribution in [0.3, 0.4) is 0 Å². The number of rotatable bonds is 4. The maximum Gasteiger partial charge on any atom is 0.0977 e. The highest BCUT2D eigenvalue weighted by Crippen LogP contribution is 2.46. The lowest BCUT2D eigenvalue weighted by Gasteiger charge is -2.22. The van der Waals surface area contributed by atoms with Crippen LogP contribution in [0, 0.1) is 0 Å². The molecule has 1 atom stereocenters. The minimum absolute atomic E-state index is 0.602. The average Bonchev–Trinajstić information content (AvgIpc) is 2.96. The van der Waals surface area contributed by atoms with Gasteiger partial charge in [0.2, 0.25) is 0 Å². The summed E-state index contributed by atoms with van der Waals surface area (Å²) in [6.07, 6.45) is 7.60. The van der Waals surface area contributed by atoms with E-state index in [1.165, 1.54) is 11.1 Å². The summed E-state index contributed by atoms with van der Waals surface area (Å²) in [6.45, 7) is 0. The van der Waals surface area contributed by atoms with Crippen LogP contribution in [0.5, 0.6) is 0 Å². The molecule has 0 aliphatic heterocycles. The molecule has 0 amide bonds. The normalized spacial score (nSPS) is 20.6. The van der Waals surface area contributed by atoms with E-state index < -0.39 is 5.60 Å². The maximum atomic E-state index is 11.4. The fourth-order valence-electron chi connectivity index (χ4n) is 3.69. The second kappa shape index (κ2) is 7.15. The summed E-state index contributed by atoms with van der Waals surface area (Å²) in [4.78, 5) is 0. The van der Waals surface area contributed by atoms with Gasteiger partial charge in [0.25, 0.3) is 0 Å². The van der Waals surface area contributed by atoms with Gasteiger partial charge >= 0.3 is 0 Å². The summed E-state index contributed by atoms with van der Waals surface area (Å²) >= 11 is 0. The molecule has 0 saturated carbocycles. The first-order chi connectivity index (χ1) is 12.7. The van der Waals surface area contributed by atoms with Crippen molar-refractivity contribution >= 4 is 17.7 Å². The minimum atomic E-state index is -0.845. The summed E-state index contributed by atoms with van der Waals surface area (Å²) < 4.78 is 0. The predicted octanol–water partition coefficient (Wildman–Crippen LogP) is 5.92. The Morgan fingerprint density at radius 1 is 0.769 bits per heavy atom. The standard InChI is InChI=1S/C25H22O/c26-25(17-9-14-20-10-3-1-4-11-20)19-22(18-21-12-5-2-6-13-21)23-15-7-8-16-24(23)25/h1-16,18,26H,17,19H2/b14-9+,22-18+. The van der Waals surface area contributed by atoms with E-state index in [0.29, 0.717) is 12.8 Å². The Labute approximate surface area is 155 Å². The van der Waals surface area contributed by atoms with E-state index in [-0.39, 0.29) is 0 Å². The molecular weight excluding hydrogens is 316 g/mol. The van der Waals surface area contributed by atoms with Gasteiger partial charge in [0.1, 0.15) is 0 Å². The molecule has 0 bridgehead atoms. The molecule has 1 nitrogen and oxygen atoms in total. The first kappa shape index (κ1) is 16.6. The molecule has 1 aliphatic carbocycles. The molecule has 0 aromatic heterocycles. The van der Waals surface area contributed by atoms with Crippen molar-refractivity contribution in [1.29, 1.82) is 0 Å². The van der Waals surface area contributed by atoms with Crippen LogP contribution in [-0.4, -0.2) is 5.11 Å². The highest BCUT2D eigenvalue weighted by atomic mass is 16.3. The zero-order chi connectivity index (χ0) is 17.8. The highest BCUT2D eigenvalue weighted by Gasteiger charge is 2.38. The van der Waals surface area contributed by atoms with Crippen molar-refractivity contribution in [2.75, 3.05) is 0 Å². The van der Waals surface area contributed by atoms with Crippen molar-refractivity contribution in [2.45, 2.75) is 18.4 Å². The van der Waals surface area contributed by atoms with Crippen molar-refractivity contribution in [3.05, 3.63) is 113 Å². The molecule has 1 unspecified atom stereocenters. The molecule has 0 heterocycles. The van der Waals surface area contributed by atoms with Gasteiger partial charge in [-0.3, -0.25) is 0 Å². The number of fused-ring (bicyclic) bond motifs is 1. The van der Waals surface area contributed by atoms with Gasteiger partial charge in [-0.05, 0) is 34.2 Å². The van der Waals surface area contributed by atoms with Crippen molar-refractivity contribution in [2.24, 2.45) is 0 Å². The second-order valence-corrected chi connectivity index (χ2v) is 6.85. The van der Waals surface area contributed by atoms with E-state index in [1.54, 1.807) is 0 Å². The first-order valence-electron chi connectivity index (χ1n) is 9.04. The number of benzene rings is 3. The minimum Gasteiger partial charge on any atom is -0.384 e. The van der Waals surface area contributed by atoms with Crippen molar-refractivity contribution in [1.82, 2.24) is 0 Å². The zero-order valence-corrected chi connectivity index (χ0v) is 14.7. The van der Waals surface area contributed by atoms with Crippen LogP contribution in [0.15, 0.2) is 91.0 Å². The smallest absolute Gasteiger partial charge is 0.0977 e. The molecule has 3 aromatic carbocycles. The van der Waals surface area contributed by atoms with Gasteiger partial charge in [0.05, 0.1) is 5.60 Å². The van der Waals surface area contributed by atoms with Crippen LogP contribution in [0.1, 0.15) is 35.1 Å². The Bertz CT molecular complexity index is 938. The van der Waals surface area contributed by atoms with Gasteiger partial charge in [0, 0.05) is 6.42 Å². The van der Waals surface area contributed by atoms with E-state index in [4.69, 9.17) is 0 Å². The van der Waals surface area contributed by atoms with E-state index >= 15 is 0 Å². The van der Waals surface area contributed by atoms with Gasteiger partial charge in [-0.1, -0.05) is 103 Å². The van der Waals surface area contributed by atoms with Crippen LogP contribution < -0.4 is 0 Å². The Kier molecular flexibility index (Phi) is 4.55. The Hall–Kier alpha value is -2.90. The lowest BCUT2D eigenvalue weighted by Crippen LogP contribution is -2.20. The highest BCUT2D eigenvalue weighted by molar-refractivity contribution is 5.86. The van der Waals surface area contributed by atoms with E-state index in [9.17, 15) is 5.11 Å². The van der Waals surface area contributed by atoms with Crippen molar-refractivity contribution < 1.29 is 5.11 Å². The molecule has 26 heavy (non-hydrogen) atoms. The summed E-state index contributed by atoms with van der Waals surface area (Å²) in [5.74, 6) is 0. The SMILES string of the molecule is OC1(C/C=C/c2ccccc2)C/C(=C\c2ccccc2)c2ccccc21. The molecule has 1 heteroatoms. The predicted molar refractivity (Wildman–Crippen MR) is 109 cm³/mol. The molecule has 4 rings (SSSR count). The van der Waals surface area contributed by atoms with Crippen molar-refractivity contribution in [3.8, 4) is 0 Å². The van der Waals surface area contributed by atoms with Gasteiger partial charge in [-0.2, -0.15) is 0 Å². The lowest BCUT2D eigenvalue weighted by molar-refractivity contribution is 0.0515. The molecule has 0 saturated heterocycles. The monoisotopic (exact) mass is 338 g/mol. The van der Waals surface area contributed by atoms with Gasteiger partial charge < -0.3 is 5.11 Å². The second-order valence-electron chi connectivity index (χ2n) is 6.85. The Morgan fingerprint density at radius 2 is 1.38 bits per heavy atom. The molecule has 1 aliphatic rings. The average molecular weight is 338 g/mol. The van der Waals surface area contributed by atoms with Crippen LogP contribution in [-0.2, 0) is 5.60 Å². The van der Waals surface area contributed by atoms with Crippen LogP contribution >= 0.6 is 0 Å². The van der Waals surface area contributed by atoms with Gasteiger partial charge in [-0.15, -0.1) is 0 Å². The quantitative estimate of drug-likeness (QED) is 0.626. The third-order valence-electron chi connectivity index (χ3n) is 4.96. The topological polar surface area (TPSA) is 20.2 Å². The molecule has 1 N–H and O–H groups in total.